The van der Waals surface area contributed by atoms with Gasteiger partial charge in [-0.3, -0.25) is 9.59 Å². The van der Waals surface area contributed by atoms with Crippen LogP contribution in [0.4, 0.5) is 0 Å². The van der Waals surface area contributed by atoms with Gasteiger partial charge >= 0.3 is 0 Å². The van der Waals surface area contributed by atoms with E-state index < -0.39 is 6.04 Å². The molecule has 0 spiro atoms. The van der Waals surface area contributed by atoms with Crippen LogP contribution in [0.1, 0.15) is 19.5 Å². The van der Waals surface area contributed by atoms with E-state index in [2.05, 4.69) is 10.3 Å². The molecule has 1 aromatic heterocycles. The molecule has 0 bridgehead atoms. The minimum atomic E-state index is -0.475. The van der Waals surface area contributed by atoms with Gasteiger partial charge in [-0.2, -0.15) is 0 Å². The number of carbonyl (C=O) groups excluding carboxylic acids is 2. The third kappa shape index (κ3) is 3.53. The second-order valence-corrected chi connectivity index (χ2v) is 3.60. The van der Waals surface area contributed by atoms with Crippen molar-refractivity contribution >= 4 is 11.7 Å². The number of nitrogens with zero attached hydrogens (tertiary/aromatic N) is 2. The number of aromatic nitrogens is 2. The highest BCUT2D eigenvalue weighted by molar-refractivity contribution is 5.86. The SMILES string of the molecule is CC(=O)NC(Cc1cn(C)cn1)C(C)=O. The number of hydrogen-bond donors (Lipinski definition) is 1. The van der Waals surface area contributed by atoms with E-state index in [-0.39, 0.29) is 11.7 Å². The predicted molar refractivity (Wildman–Crippen MR) is 55.2 cm³/mol. The van der Waals surface area contributed by atoms with E-state index in [1.165, 1.54) is 13.8 Å². The monoisotopic (exact) mass is 209 g/mol. The van der Waals surface area contributed by atoms with E-state index >= 15 is 0 Å². The fourth-order valence-electron chi connectivity index (χ4n) is 1.32. The molecule has 1 amide bonds. The number of ketones is 1. The van der Waals surface area contributed by atoms with Gasteiger partial charge in [-0.15, -0.1) is 0 Å². The maximum absolute atomic E-state index is 11.2. The summed E-state index contributed by atoms with van der Waals surface area (Å²) in [5, 5.41) is 2.60. The van der Waals surface area contributed by atoms with Crippen LogP contribution < -0.4 is 5.32 Å². The third-order valence-corrected chi connectivity index (χ3v) is 2.04. The van der Waals surface area contributed by atoms with E-state index in [9.17, 15) is 9.59 Å². The van der Waals surface area contributed by atoms with Crippen molar-refractivity contribution in [2.24, 2.45) is 7.05 Å². The quantitative estimate of drug-likeness (QED) is 0.762. The summed E-state index contributed by atoms with van der Waals surface area (Å²) in [6.45, 7) is 2.86. The topological polar surface area (TPSA) is 64.0 Å². The van der Waals surface area contributed by atoms with Gasteiger partial charge in [0, 0.05) is 26.6 Å². The van der Waals surface area contributed by atoms with E-state index in [0.29, 0.717) is 6.42 Å². The van der Waals surface area contributed by atoms with Gasteiger partial charge in [0.15, 0.2) is 5.78 Å². The average Bonchev–Trinajstić information content (AvgIpc) is 2.49. The molecule has 1 rings (SSSR count). The summed E-state index contributed by atoms with van der Waals surface area (Å²) in [5.41, 5.74) is 0.798. The highest BCUT2D eigenvalue weighted by Crippen LogP contribution is 2.01. The van der Waals surface area contributed by atoms with Crippen molar-refractivity contribution in [3.05, 3.63) is 18.2 Å². The lowest BCUT2D eigenvalue weighted by Crippen LogP contribution is -2.40. The van der Waals surface area contributed by atoms with Gasteiger partial charge < -0.3 is 9.88 Å². The van der Waals surface area contributed by atoms with Crippen molar-refractivity contribution in [2.75, 3.05) is 0 Å². The zero-order valence-corrected chi connectivity index (χ0v) is 9.15. The van der Waals surface area contributed by atoms with Crippen LogP contribution in [0.5, 0.6) is 0 Å². The number of imidazole rings is 1. The summed E-state index contributed by atoms with van der Waals surface area (Å²) in [6, 6.07) is -0.475. The number of rotatable bonds is 4. The predicted octanol–water partition coefficient (Wildman–Crippen LogP) is 0.0563. The van der Waals surface area contributed by atoms with Crippen LogP contribution in [0.25, 0.3) is 0 Å². The first-order chi connectivity index (χ1) is 6.99. The normalized spacial score (nSPS) is 12.2. The highest BCUT2D eigenvalue weighted by atomic mass is 16.2. The zero-order chi connectivity index (χ0) is 11.4. The van der Waals surface area contributed by atoms with Gasteiger partial charge in [0.05, 0.1) is 18.1 Å². The molecule has 5 heteroatoms. The molecule has 1 aromatic rings. The fourth-order valence-corrected chi connectivity index (χ4v) is 1.32. The van der Waals surface area contributed by atoms with Crippen LogP contribution in [0.2, 0.25) is 0 Å². The number of nitrogens with one attached hydrogen (secondary N) is 1. The zero-order valence-electron chi connectivity index (χ0n) is 9.15. The molecule has 5 nitrogen and oxygen atoms in total. The number of carbonyl (C=O) groups is 2. The van der Waals surface area contributed by atoms with Crippen LogP contribution in [0.3, 0.4) is 0 Å². The van der Waals surface area contributed by atoms with E-state index in [1.807, 2.05) is 13.2 Å². The molecule has 82 valence electrons. The molecule has 0 aromatic carbocycles. The van der Waals surface area contributed by atoms with Crippen molar-refractivity contribution in [2.45, 2.75) is 26.3 Å². The van der Waals surface area contributed by atoms with Gasteiger partial charge in [0.1, 0.15) is 0 Å². The Bertz CT molecular complexity index is 370. The Kier molecular flexibility index (Phi) is 3.60. The van der Waals surface area contributed by atoms with Crippen LogP contribution in [-0.4, -0.2) is 27.3 Å². The Labute approximate surface area is 88.5 Å². The van der Waals surface area contributed by atoms with Gasteiger partial charge in [-0.1, -0.05) is 0 Å². The number of hydrogen-bond acceptors (Lipinski definition) is 3. The van der Waals surface area contributed by atoms with Crippen LogP contribution in [-0.2, 0) is 23.1 Å². The lowest BCUT2D eigenvalue weighted by molar-refractivity contribution is -0.125. The van der Waals surface area contributed by atoms with Crippen molar-refractivity contribution in [3.8, 4) is 0 Å². The third-order valence-electron chi connectivity index (χ3n) is 2.04. The first-order valence-electron chi connectivity index (χ1n) is 4.73. The first kappa shape index (κ1) is 11.4. The maximum atomic E-state index is 11.2. The first-order valence-corrected chi connectivity index (χ1v) is 4.73. The van der Waals surface area contributed by atoms with E-state index in [1.54, 1.807) is 10.9 Å². The Hall–Kier alpha value is -1.65. The molecule has 1 N–H and O–H groups in total. The van der Waals surface area contributed by atoms with Gasteiger partial charge in [-0.25, -0.2) is 4.98 Å². The molecule has 0 aliphatic carbocycles. The number of amides is 1. The van der Waals surface area contributed by atoms with Crippen molar-refractivity contribution < 1.29 is 9.59 Å². The largest absolute Gasteiger partial charge is 0.346 e. The standard InChI is InChI=1S/C10H15N3O2/c1-7(14)10(12-8(2)15)4-9-5-13(3)6-11-9/h5-6,10H,4H2,1-3H3,(H,12,15). The van der Waals surface area contributed by atoms with Crippen LogP contribution >= 0.6 is 0 Å². The maximum Gasteiger partial charge on any atom is 0.217 e. The molecule has 1 atom stereocenters. The van der Waals surface area contributed by atoms with Gasteiger partial charge in [0.2, 0.25) is 5.91 Å². The van der Waals surface area contributed by atoms with Crippen molar-refractivity contribution in [1.82, 2.24) is 14.9 Å². The average molecular weight is 209 g/mol. The van der Waals surface area contributed by atoms with Crippen molar-refractivity contribution in [1.29, 1.82) is 0 Å². The van der Waals surface area contributed by atoms with Crippen LogP contribution in [0.15, 0.2) is 12.5 Å². The Morgan fingerprint density at radius 2 is 2.20 bits per heavy atom. The summed E-state index contributed by atoms with van der Waals surface area (Å²) in [5.74, 6) is -0.262. The Morgan fingerprint density at radius 1 is 1.53 bits per heavy atom. The molecule has 15 heavy (non-hydrogen) atoms. The summed E-state index contributed by atoms with van der Waals surface area (Å²) < 4.78 is 1.81. The Morgan fingerprint density at radius 3 is 2.60 bits per heavy atom. The molecular formula is C10H15N3O2. The lowest BCUT2D eigenvalue weighted by Gasteiger charge is -2.12. The summed E-state index contributed by atoms with van der Waals surface area (Å²) in [6.07, 6.45) is 3.94. The van der Waals surface area contributed by atoms with Crippen LogP contribution in [0, 0.1) is 0 Å². The summed E-state index contributed by atoms with van der Waals surface area (Å²) >= 11 is 0. The van der Waals surface area contributed by atoms with Gasteiger partial charge in [0.25, 0.3) is 0 Å². The summed E-state index contributed by atoms with van der Waals surface area (Å²) in [7, 11) is 1.86. The molecule has 1 unspecified atom stereocenters. The molecule has 0 aliphatic rings. The Balaban J connectivity index is 2.66. The highest BCUT2D eigenvalue weighted by Gasteiger charge is 2.16. The van der Waals surface area contributed by atoms with E-state index in [0.717, 1.165) is 5.69 Å². The van der Waals surface area contributed by atoms with Gasteiger partial charge in [-0.05, 0) is 6.92 Å². The minimum Gasteiger partial charge on any atom is -0.346 e. The minimum absolute atomic E-state index is 0.0594. The number of Topliss-reactive ketones (excluding diaryl/α,β-unsaturated/α-hetero) is 1. The van der Waals surface area contributed by atoms with Crippen molar-refractivity contribution in [3.63, 3.8) is 0 Å². The van der Waals surface area contributed by atoms with E-state index in [4.69, 9.17) is 0 Å². The molecule has 0 fully saturated rings. The number of aryl methyl sites for hydroxylation is 1. The molecule has 0 saturated heterocycles. The molecule has 1 heterocycles. The smallest absolute Gasteiger partial charge is 0.217 e. The second-order valence-electron chi connectivity index (χ2n) is 3.60. The molecule has 0 aliphatic heterocycles. The fraction of sp³-hybridized carbons (Fsp3) is 0.500. The lowest BCUT2D eigenvalue weighted by atomic mass is 10.1. The second kappa shape index (κ2) is 4.72. The molecule has 0 radical (unpaired) electrons. The molecule has 0 saturated carbocycles. The summed E-state index contributed by atoms with van der Waals surface area (Å²) in [4.78, 5) is 26.2. The molecular weight excluding hydrogens is 194 g/mol.